The summed E-state index contributed by atoms with van der Waals surface area (Å²) in [7, 11) is -4.14. The Morgan fingerprint density at radius 3 is 2.46 bits per heavy atom. The van der Waals surface area contributed by atoms with E-state index in [1.165, 1.54) is 61.5 Å². The van der Waals surface area contributed by atoms with Crippen LogP contribution in [0.4, 0.5) is 10.1 Å². The first-order valence-electron chi connectivity index (χ1n) is 10.4. The third kappa shape index (κ3) is 7.42. The minimum Gasteiger partial charge on any atom is -0.453 e. The molecule has 3 aromatic carbocycles. The molecule has 0 saturated carbocycles. The van der Waals surface area contributed by atoms with Crippen molar-refractivity contribution < 1.29 is 27.1 Å². The Labute approximate surface area is 230 Å². The number of nitriles is 1. The Morgan fingerprint density at radius 2 is 1.84 bits per heavy atom. The number of amides is 2. The van der Waals surface area contributed by atoms with Gasteiger partial charge in [-0.15, -0.1) is 11.6 Å². The number of hydrogen-bond donors (Lipinski definition) is 2. The molecule has 0 aromatic heterocycles. The number of anilines is 1. The van der Waals surface area contributed by atoms with Crippen LogP contribution in [0.2, 0.25) is 5.02 Å². The molecule has 2 amide bonds. The van der Waals surface area contributed by atoms with E-state index < -0.39 is 33.0 Å². The number of nitrogens with zero attached hydrogens (tertiary/aromatic N) is 1. The molecule has 0 fully saturated rings. The molecule has 0 heterocycles. The van der Waals surface area contributed by atoms with Gasteiger partial charge in [-0.2, -0.15) is 5.26 Å². The van der Waals surface area contributed by atoms with Crippen LogP contribution in [-0.4, -0.2) is 25.6 Å². The van der Waals surface area contributed by atoms with Crippen LogP contribution < -0.4 is 14.8 Å². The fourth-order valence-corrected chi connectivity index (χ4v) is 4.76. The second-order valence-corrected chi connectivity index (χ2v) is 11.2. The molecule has 37 heavy (non-hydrogen) atoms. The topological polar surface area (TPSA) is 125 Å². The zero-order valence-electron chi connectivity index (χ0n) is 18.9. The first kappa shape index (κ1) is 28.4. The third-order valence-electron chi connectivity index (χ3n) is 4.74. The summed E-state index contributed by atoms with van der Waals surface area (Å²) in [5.74, 6) is -2.31. The molecule has 0 bridgehead atoms. The number of benzene rings is 3. The lowest BCUT2D eigenvalue weighted by atomic mass is 10.1. The Kier molecular flexibility index (Phi) is 9.15. The Hall–Kier alpha value is -3.17. The van der Waals surface area contributed by atoms with Crippen molar-refractivity contribution in [2.45, 2.75) is 23.6 Å². The maximum absolute atomic E-state index is 15.2. The molecule has 1 unspecified atom stereocenters. The van der Waals surface area contributed by atoms with Crippen molar-refractivity contribution in [3.05, 3.63) is 81.0 Å². The van der Waals surface area contributed by atoms with Gasteiger partial charge < -0.3 is 10.1 Å². The van der Waals surface area contributed by atoms with E-state index in [4.69, 9.17) is 33.2 Å². The van der Waals surface area contributed by atoms with Gasteiger partial charge in [-0.25, -0.2) is 17.5 Å². The highest BCUT2D eigenvalue weighted by molar-refractivity contribution is 9.10. The SMILES string of the molecule is CC(Cl)C(=O)NS(=O)(=O)c1ccc(NC(=O)Cc2ccc(Br)c(Oc3cc(Cl)cc(C#N)c3)c2F)cc1. The summed E-state index contributed by atoms with van der Waals surface area (Å²) in [6.45, 7) is 1.33. The van der Waals surface area contributed by atoms with Crippen LogP contribution in [0, 0.1) is 17.1 Å². The lowest BCUT2D eigenvalue weighted by Gasteiger charge is -2.13. The number of rotatable bonds is 8. The molecule has 192 valence electrons. The average molecular weight is 629 g/mol. The molecule has 0 aliphatic heterocycles. The summed E-state index contributed by atoms with van der Waals surface area (Å²) in [4.78, 5) is 23.9. The van der Waals surface area contributed by atoms with Gasteiger partial charge in [0.1, 0.15) is 11.1 Å². The summed E-state index contributed by atoms with van der Waals surface area (Å²) in [5.41, 5.74) is 0.498. The van der Waals surface area contributed by atoms with Gasteiger partial charge in [-0.05, 0) is 71.4 Å². The van der Waals surface area contributed by atoms with Gasteiger partial charge in [0.25, 0.3) is 15.9 Å². The monoisotopic (exact) mass is 627 g/mol. The zero-order valence-corrected chi connectivity index (χ0v) is 22.8. The molecule has 3 rings (SSSR count). The van der Waals surface area contributed by atoms with Crippen LogP contribution in [0.15, 0.2) is 64.0 Å². The molecule has 0 spiro atoms. The van der Waals surface area contributed by atoms with Gasteiger partial charge in [-0.3, -0.25) is 9.59 Å². The second-order valence-electron chi connectivity index (χ2n) is 7.57. The molecule has 1 atom stereocenters. The summed E-state index contributed by atoms with van der Waals surface area (Å²) in [6, 6.07) is 14.1. The number of halogens is 4. The summed E-state index contributed by atoms with van der Waals surface area (Å²) < 4.78 is 47.4. The number of ether oxygens (including phenoxy) is 1. The Morgan fingerprint density at radius 1 is 1.16 bits per heavy atom. The number of sulfonamides is 1. The van der Waals surface area contributed by atoms with E-state index >= 15 is 4.39 Å². The minimum atomic E-state index is -4.14. The predicted molar refractivity (Wildman–Crippen MR) is 140 cm³/mol. The van der Waals surface area contributed by atoms with E-state index in [0.717, 1.165) is 0 Å². The van der Waals surface area contributed by atoms with Crippen molar-refractivity contribution in [1.29, 1.82) is 5.26 Å². The van der Waals surface area contributed by atoms with Gasteiger partial charge in [-0.1, -0.05) is 17.7 Å². The minimum absolute atomic E-state index is 0.0235. The number of nitrogens with one attached hydrogen (secondary N) is 2. The van der Waals surface area contributed by atoms with E-state index in [-0.39, 0.29) is 49.1 Å². The van der Waals surface area contributed by atoms with Crippen molar-refractivity contribution in [1.82, 2.24) is 4.72 Å². The number of carbonyl (C=O) groups is 2. The highest BCUT2D eigenvalue weighted by Crippen LogP contribution is 2.35. The number of hydrogen-bond acceptors (Lipinski definition) is 6. The van der Waals surface area contributed by atoms with E-state index in [9.17, 15) is 18.0 Å². The molecule has 3 aromatic rings. The van der Waals surface area contributed by atoms with Gasteiger partial charge >= 0.3 is 0 Å². The molecule has 0 radical (unpaired) electrons. The van der Waals surface area contributed by atoms with Gasteiger partial charge in [0.15, 0.2) is 11.6 Å². The number of alkyl halides is 1. The molecule has 13 heteroatoms. The average Bonchev–Trinajstić information content (AvgIpc) is 2.83. The van der Waals surface area contributed by atoms with E-state index in [2.05, 4.69) is 21.2 Å². The highest BCUT2D eigenvalue weighted by Gasteiger charge is 2.21. The molecule has 8 nitrogen and oxygen atoms in total. The Bertz CT molecular complexity index is 1510. The largest absolute Gasteiger partial charge is 0.453 e. The molecule has 2 N–H and O–H groups in total. The van der Waals surface area contributed by atoms with Crippen LogP contribution in [0.3, 0.4) is 0 Å². The molecular formula is C24H17BrCl2FN3O5S. The smallest absolute Gasteiger partial charge is 0.264 e. The lowest BCUT2D eigenvalue weighted by Crippen LogP contribution is -2.35. The van der Waals surface area contributed by atoms with Crippen molar-refractivity contribution in [2.75, 3.05) is 5.32 Å². The van der Waals surface area contributed by atoms with E-state index in [1.807, 2.05) is 10.8 Å². The standard InChI is InChI=1S/C24H17BrCl2FN3O5S/c1-13(26)24(33)31-37(34,35)19-5-3-17(4-6-19)30-21(32)10-15-2-7-20(25)23(22(15)28)36-18-9-14(12-29)8-16(27)11-18/h2-9,11,13H,10H2,1H3,(H,30,32)(H,31,33). The van der Waals surface area contributed by atoms with Crippen LogP contribution >= 0.6 is 39.1 Å². The summed E-state index contributed by atoms with van der Waals surface area (Å²) in [6.07, 6.45) is -0.363. The first-order chi connectivity index (χ1) is 17.4. The fourth-order valence-electron chi connectivity index (χ4n) is 2.98. The number of carbonyl (C=O) groups excluding carboxylic acids is 2. The second kappa shape index (κ2) is 11.9. The van der Waals surface area contributed by atoms with Gasteiger partial charge in [0.05, 0.1) is 27.4 Å². The first-order valence-corrected chi connectivity index (χ1v) is 13.4. The van der Waals surface area contributed by atoms with Crippen molar-refractivity contribution in [3.63, 3.8) is 0 Å². The quantitative estimate of drug-likeness (QED) is 0.317. The third-order valence-corrected chi connectivity index (χ3v) is 7.15. The highest BCUT2D eigenvalue weighted by atomic mass is 79.9. The van der Waals surface area contributed by atoms with Gasteiger partial charge in [0.2, 0.25) is 5.91 Å². The van der Waals surface area contributed by atoms with Gasteiger partial charge in [0, 0.05) is 16.3 Å². The maximum atomic E-state index is 15.2. The fraction of sp³-hybridized carbons (Fsp3) is 0.125. The maximum Gasteiger partial charge on any atom is 0.264 e. The molecule has 0 saturated heterocycles. The normalized spacial score (nSPS) is 11.8. The molecular weight excluding hydrogens is 612 g/mol. The lowest BCUT2D eigenvalue weighted by molar-refractivity contribution is -0.118. The van der Waals surface area contributed by atoms with Crippen molar-refractivity contribution in [2.24, 2.45) is 0 Å². The van der Waals surface area contributed by atoms with Crippen LogP contribution in [0.25, 0.3) is 0 Å². The van der Waals surface area contributed by atoms with E-state index in [0.29, 0.717) is 0 Å². The van der Waals surface area contributed by atoms with E-state index in [1.54, 1.807) is 0 Å². The Balaban J connectivity index is 1.73. The van der Waals surface area contributed by atoms with Crippen LogP contribution in [0.5, 0.6) is 11.5 Å². The predicted octanol–water partition coefficient (Wildman–Crippen LogP) is 5.52. The summed E-state index contributed by atoms with van der Waals surface area (Å²) >= 11 is 14.8. The van der Waals surface area contributed by atoms with Crippen LogP contribution in [-0.2, 0) is 26.0 Å². The molecule has 0 aliphatic rings. The molecule has 0 aliphatic carbocycles. The van der Waals surface area contributed by atoms with Crippen LogP contribution in [0.1, 0.15) is 18.1 Å². The van der Waals surface area contributed by atoms with Crippen molar-refractivity contribution in [3.8, 4) is 17.6 Å². The zero-order chi connectivity index (χ0) is 27.3. The summed E-state index contributed by atoms with van der Waals surface area (Å²) in [5, 5.41) is 10.8. The van der Waals surface area contributed by atoms with Crippen molar-refractivity contribution >= 4 is 66.7 Å².